The summed E-state index contributed by atoms with van der Waals surface area (Å²) in [6.45, 7) is 7.06. The number of nitrogens with zero attached hydrogens (tertiary/aromatic N) is 3. The van der Waals surface area contributed by atoms with Crippen molar-refractivity contribution in [2.75, 3.05) is 18.2 Å². The van der Waals surface area contributed by atoms with Gasteiger partial charge in [0.25, 0.3) is 0 Å². The second kappa shape index (κ2) is 9.00. The van der Waals surface area contributed by atoms with Crippen LogP contribution >= 0.6 is 23.1 Å². The molecule has 0 atom stereocenters. The summed E-state index contributed by atoms with van der Waals surface area (Å²) < 4.78 is 6.77. The standard InChI is InChI=1S/C16H22N4O3S2/c1-5-7-20-13(10(2)3)18-19-16(20)25-9-12(21)17-14-11(6-8-24-14)15(22)23-4/h6,8,10H,5,7,9H2,1-4H3,(H,17,21). The number of carbonyl (C=O) groups excluding carboxylic acids is 2. The van der Waals surface area contributed by atoms with Crippen molar-refractivity contribution in [3.05, 3.63) is 22.8 Å². The van der Waals surface area contributed by atoms with Crippen molar-refractivity contribution in [2.24, 2.45) is 0 Å². The van der Waals surface area contributed by atoms with E-state index < -0.39 is 5.97 Å². The molecular formula is C16H22N4O3S2. The van der Waals surface area contributed by atoms with Gasteiger partial charge in [0.1, 0.15) is 10.8 Å². The number of thiophene rings is 1. The summed E-state index contributed by atoms with van der Waals surface area (Å²) in [5.41, 5.74) is 0.363. The highest BCUT2D eigenvalue weighted by molar-refractivity contribution is 7.99. The van der Waals surface area contributed by atoms with E-state index in [4.69, 9.17) is 4.74 Å². The summed E-state index contributed by atoms with van der Waals surface area (Å²) in [4.78, 5) is 23.9. The van der Waals surface area contributed by atoms with Crippen molar-refractivity contribution in [2.45, 2.75) is 44.8 Å². The molecule has 0 saturated carbocycles. The first-order valence-corrected chi connectivity index (χ1v) is 9.86. The Kier molecular flexibility index (Phi) is 7.01. The van der Waals surface area contributed by atoms with E-state index in [9.17, 15) is 9.59 Å². The zero-order chi connectivity index (χ0) is 18.4. The van der Waals surface area contributed by atoms with E-state index in [0.717, 1.165) is 23.9 Å². The molecule has 1 N–H and O–H groups in total. The Balaban J connectivity index is 2.01. The van der Waals surface area contributed by atoms with Crippen LogP contribution in [0.5, 0.6) is 0 Å². The van der Waals surface area contributed by atoms with Gasteiger partial charge in [-0.25, -0.2) is 4.79 Å². The van der Waals surface area contributed by atoms with Gasteiger partial charge < -0.3 is 14.6 Å². The van der Waals surface area contributed by atoms with Crippen LogP contribution in [0, 0.1) is 0 Å². The van der Waals surface area contributed by atoms with E-state index in [1.807, 2.05) is 0 Å². The zero-order valence-electron chi connectivity index (χ0n) is 14.7. The predicted molar refractivity (Wildman–Crippen MR) is 99.4 cm³/mol. The molecule has 0 radical (unpaired) electrons. The number of methoxy groups -OCH3 is 1. The van der Waals surface area contributed by atoms with Gasteiger partial charge in [0.2, 0.25) is 5.91 Å². The quantitative estimate of drug-likeness (QED) is 0.556. The van der Waals surface area contributed by atoms with Crippen molar-refractivity contribution >= 4 is 40.0 Å². The molecule has 0 spiro atoms. The molecule has 0 aliphatic heterocycles. The molecule has 2 aromatic rings. The monoisotopic (exact) mass is 382 g/mol. The normalized spacial score (nSPS) is 10.9. The van der Waals surface area contributed by atoms with E-state index >= 15 is 0 Å². The Morgan fingerprint density at radius 1 is 1.40 bits per heavy atom. The van der Waals surface area contributed by atoms with Crippen molar-refractivity contribution in [3.8, 4) is 0 Å². The van der Waals surface area contributed by atoms with E-state index in [0.29, 0.717) is 10.6 Å². The van der Waals surface area contributed by atoms with Gasteiger partial charge in [0.05, 0.1) is 18.4 Å². The lowest BCUT2D eigenvalue weighted by Crippen LogP contribution is -2.16. The van der Waals surface area contributed by atoms with E-state index in [1.165, 1.54) is 30.2 Å². The van der Waals surface area contributed by atoms with Gasteiger partial charge in [-0.15, -0.1) is 21.5 Å². The summed E-state index contributed by atoms with van der Waals surface area (Å²) in [7, 11) is 1.31. The Hall–Kier alpha value is -1.87. The fourth-order valence-corrected chi connectivity index (χ4v) is 3.80. The lowest BCUT2D eigenvalue weighted by atomic mass is 10.2. The molecule has 7 nitrogen and oxygen atoms in total. The second-order valence-corrected chi connectivity index (χ2v) is 7.50. The summed E-state index contributed by atoms with van der Waals surface area (Å²) in [5.74, 6) is 0.730. The third kappa shape index (κ3) is 4.82. The molecule has 0 aliphatic rings. The molecule has 136 valence electrons. The lowest BCUT2D eigenvalue weighted by molar-refractivity contribution is -0.113. The molecule has 2 rings (SSSR count). The molecule has 2 heterocycles. The van der Waals surface area contributed by atoms with Crippen LogP contribution in [-0.2, 0) is 16.1 Å². The fraction of sp³-hybridized carbons (Fsp3) is 0.500. The zero-order valence-corrected chi connectivity index (χ0v) is 16.4. The van der Waals surface area contributed by atoms with Gasteiger partial charge in [0.15, 0.2) is 5.16 Å². The minimum absolute atomic E-state index is 0.193. The Morgan fingerprint density at radius 2 is 2.16 bits per heavy atom. The first-order chi connectivity index (χ1) is 12.0. The topological polar surface area (TPSA) is 86.1 Å². The fourth-order valence-electron chi connectivity index (χ4n) is 2.24. The molecule has 1 amide bonds. The van der Waals surface area contributed by atoms with Gasteiger partial charge in [-0.3, -0.25) is 4.79 Å². The second-order valence-electron chi connectivity index (χ2n) is 5.64. The molecule has 0 bridgehead atoms. The van der Waals surface area contributed by atoms with Gasteiger partial charge in [-0.05, 0) is 17.9 Å². The molecule has 0 unspecified atom stereocenters. The number of thioether (sulfide) groups is 1. The van der Waals surface area contributed by atoms with Crippen molar-refractivity contribution in [3.63, 3.8) is 0 Å². The van der Waals surface area contributed by atoms with Crippen molar-refractivity contribution < 1.29 is 14.3 Å². The minimum Gasteiger partial charge on any atom is -0.465 e. The first-order valence-electron chi connectivity index (χ1n) is 7.99. The smallest absolute Gasteiger partial charge is 0.340 e. The molecule has 25 heavy (non-hydrogen) atoms. The molecule has 0 fully saturated rings. The number of hydrogen-bond donors (Lipinski definition) is 1. The maximum Gasteiger partial charge on any atom is 0.340 e. The number of carbonyl (C=O) groups is 2. The van der Waals surface area contributed by atoms with E-state index in [2.05, 4.69) is 40.9 Å². The average molecular weight is 383 g/mol. The van der Waals surface area contributed by atoms with Crippen LogP contribution in [0.4, 0.5) is 5.00 Å². The van der Waals surface area contributed by atoms with Crippen LogP contribution in [0.15, 0.2) is 16.6 Å². The van der Waals surface area contributed by atoms with Gasteiger partial charge in [-0.2, -0.15) is 0 Å². The third-order valence-corrected chi connectivity index (χ3v) is 5.16. The lowest BCUT2D eigenvalue weighted by Gasteiger charge is -2.10. The average Bonchev–Trinajstić information content (AvgIpc) is 3.19. The number of aromatic nitrogens is 3. The van der Waals surface area contributed by atoms with E-state index in [1.54, 1.807) is 11.4 Å². The number of hydrogen-bond acceptors (Lipinski definition) is 7. The van der Waals surface area contributed by atoms with Gasteiger partial charge in [-0.1, -0.05) is 32.5 Å². The van der Waals surface area contributed by atoms with Crippen molar-refractivity contribution in [1.29, 1.82) is 0 Å². The number of nitrogens with one attached hydrogen (secondary N) is 1. The number of rotatable bonds is 8. The third-order valence-electron chi connectivity index (χ3n) is 3.36. The Bertz CT molecular complexity index is 740. The molecule has 0 aromatic carbocycles. The largest absolute Gasteiger partial charge is 0.465 e. The Labute approximate surface area is 155 Å². The highest BCUT2D eigenvalue weighted by Gasteiger charge is 2.18. The maximum atomic E-state index is 12.2. The summed E-state index contributed by atoms with van der Waals surface area (Å²) in [5, 5.41) is 14.2. The highest BCUT2D eigenvalue weighted by atomic mass is 32.2. The highest BCUT2D eigenvalue weighted by Crippen LogP contribution is 2.25. The molecular weight excluding hydrogens is 360 g/mol. The van der Waals surface area contributed by atoms with Gasteiger partial charge >= 0.3 is 5.97 Å². The molecule has 2 aromatic heterocycles. The van der Waals surface area contributed by atoms with Crippen LogP contribution in [0.25, 0.3) is 0 Å². The van der Waals surface area contributed by atoms with Crippen LogP contribution in [0.2, 0.25) is 0 Å². The molecule has 0 saturated heterocycles. The Morgan fingerprint density at radius 3 is 2.80 bits per heavy atom. The first kappa shape index (κ1) is 19.5. The maximum absolute atomic E-state index is 12.2. The SMILES string of the molecule is CCCn1c(SCC(=O)Nc2sccc2C(=O)OC)nnc1C(C)C. The summed E-state index contributed by atoms with van der Waals surface area (Å²) >= 11 is 2.63. The van der Waals surface area contributed by atoms with Crippen LogP contribution in [0.3, 0.4) is 0 Å². The molecule has 0 aliphatic carbocycles. The minimum atomic E-state index is -0.464. The van der Waals surface area contributed by atoms with Gasteiger partial charge in [0, 0.05) is 12.5 Å². The number of ether oxygens (including phenoxy) is 1. The summed E-state index contributed by atoms with van der Waals surface area (Å²) in [6.07, 6.45) is 0.967. The molecule has 9 heteroatoms. The number of amides is 1. The van der Waals surface area contributed by atoms with Crippen LogP contribution < -0.4 is 5.32 Å². The predicted octanol–water partition coefficient (Wildman–Crippen LogP) is 3.39. The number of esters is 1. The van der Waals surface area contributed by atoms with Crippen LogP contribution in [0.1, 0.15) is 49.3 Å². The summed E-state index contributed by atoms with van der Waals surface area (Å²) in [6, 6.07) is 1.63. The number of anilines is 1. The van der Waals surface area contributed by atoms with Crippen LogP contribution in [-0.4, -0.2) is 39.5 Å². The van der Waals surface area contributed by atoms with Crippen molar-refractivity contribution in [1.82, 2.24) is 14.8 Å². The van der Waals surface area contributed by atoms with E-state index in [-0.39, 0.29) is 17.6 Å².